The van der Waals surface area contributed by atoms with Crippen LogP contribution in [0.4, 0.5) is 10.6 Å². The van der Waals surface area contributed by atoms with Gasteiger partial charge in [0.1, 0.15) is 17.0 Å². The summed E-state index contributed by atoms with van der Waals surface area (Å²) in [5, 5.41) is 18.4. The fraction of sp³-hybridized carbons (Fsp3) is 0.500. The van der Waals surface area contributed by atoms with E-state index in [1.165, 1.54) is 4.90 Å². The molecule has 21 heavy (non-hydrogen) atoms. The molecule has 1 fully saturated rings. The van der Waals surface area contributed by atoms with Gasteiger partial charge >= 0.3 is 6.09 Å². The molecule has 2 rings (SSSR count). The molecule has 0 aliphatic carbocycles. The number of aromatic nitrogens is 1. The third kappa shape index (κ3) is 2.88. The molecule has 6 nitrogen and oxygen atoms in total. The van der Waals surface area contributed by atoms with Gasteiger partial charge in [0.15, 0.2) is 0 Å². The summed E-state index contributed by atoms with van der Waals surface area (Å²) >= 11 is 6.12. The Balaban J connectivity index is 2.32. The van der Waals surface area contributed by atoms with Gasteiger partial charge in [-0.2, -0.15) is 5.26 Å². The fourth-order valence-corrected chi connectivity index (χ4v) is 2.89. The SMILES string of the molecule is CCc1c(C)c(N2CCN(C(=O)O)CC2)nc(Cl)c1C#N. The summed E-state index contributed by atoms with van der Waals surface area (Å²) in [5.74, 6) is 0.751. The van der Waals surface area contributed by atoms with E-state index in [2.05, 4.69) is 11.1 Å². The molecule has 0 aromatic carbocycles. The lowest BCUT2D eigenvalue weighted by Gasteiger charge is -2.35. The summed E-state index contributed by atoms with van der Waals surface area (Å²) in [5.41, 5.74) is 2.29. The number of anilines is 1. The highest BCUT2D eigenvalue weighted by Gasteiger charge is 2.24. The number of amides is 1. The van der Waals surface area contributed by atoms with Gasteiger partial charge in [0.25, 0.3) is 0 Å². The molecule has 0 atom stereocenters. The van der Waals surface area contributed by atoms with Crippen molar-refractivity contribution in [3.05, 3.63) is 21.8 Å². The van der Waals surface area contributed by atoms with Gasteiger partial charge in [0, 0.05) is 26.2 Å². The molecule has 1 amide bonds. The molecule has 1 aliphatic rings. The number of nitriles is 1. The molecule has 0 unspecified atom stereocenters. The van der Waals surface area contributed by atoms with Crippen molar-refractivity contribution in [1.82, 2.24) is 9.88 Å². The first-order chi connectivity index (χ1) is 9.99. The van der Waals surface area contributed by atoms with Crippen LogP contribution in [0.25, 0.3) is 0 Å². The van der Waals surface area contributed by atoms with Crippen LogP contribution in [0.3, 0.4) is 0 Å². The lowest BCUT2D eigenvalue weighted by molar-refractivity contribution is 0.142. The standard InChI is InChI=1S/C14H17ClN4O2/c1-3-10-9(2)13(17-12(15)11(10)8-16)18-4-6-19(7-5-18)14(20)21/h3-7H2,1-2H3,(H,20,21). The van der Waals surface area contributed by atoms with Gasteiger partial charge in [0.05, 0.1) is 5.56 Å². The molecule has 0 spiro atoms. The Kier molecular flexibility index (Phi) is 4.53. The Bertz CT molecular complexity index is 604. The number of piperazine rings is 1. The summed E-state index contributed by atoms with van der Waals surface area (Å²) in [4.78, 5) is 18.7. The van der Waals surface area contributed by atoms with Crippen LogP contribution in [0.1, 0.15) is 23.6 Å². The topological polar surface area (TPSA) is 80.5 Å². The second kappa shape index (κ2) is 6.19. The minimum atomic E-state index is -0.897. The lowest BCUT2D eigenvalue weighted by atomic mass is 10.0. The van der Waals surface area contributed by atoms with E-state index >= 15 is 0 Å². The maximum Gasteiger partial charge on any atom is 0.407 e. The van der Waals surface area contributed by atoms with Crippen molar-refractivity contribution in [3.63, 3.8) is 0 Å². The number of carboxylic acid groups (broad SMARTS) is 1. The molecule has 1 saturated heterocycles. The number of halogens is 1. The van der Waals surface area contributed by atoms with Crippen molar-refractivity contribution in [2.24, 2.45) is 0 Å². The van der Waals surface area contributed by atoms with Gasteiger partial charge in [0.2, 0.25) is 0 Å². The van der Waals surface area contributed by atoms with Gasteiger partial charge in [-0.3, -0.25) is 0 Å². The van der Waals surface area contributed by atoms with Crippen LogP contribution < -0.4 is 4.90 Å². The van der Waals surface area contributed by atoms with E-state index in [9.17, 15) is 10.1 Å². The third-order valence-electron chi connectivity index (χ3n) is 3.82. The largest absolute Gasteiger partial charge is 0.465 e. The Morgan fingerprint density at radius 2 is 2.05 bits per heavy atom. The van der Waals surface area contributed by atoms with Crippen LogP contribution in [0.15, 0.2) is 0 Å². The van der Waals surface area contributed by atoms with E-state index < -0.39 is 6.09 Å². The summed E-state index contributed by atoms with van der Waals surface area (Å²) in [6.07, 6.45) is -0.189. The molecule has 1 aliphatic heterocycles. The highest BCUT2D eigenvalue weighted by Crippen LogP contribution is 2.29. The average molecular weight is 309 g/mol. The van der Waals surface area contributed by atoms with Crippen molar-refractivity contribution >= 4 is 23.5 Å². The van der Waals surface area contributed by atoms with Crippen molar-refractivity contribution in [2.45, 2.75) is 20.3 Å². The van der Waals surface area contributed by atoms with Gasteiger partial charge in [-0.15, -0.1) is 0 Å². The van der Waals surface area contributed by atoms with E-state index in [-0.39, 0.29) is 5.15 Å². The Hall–Kier alpha value is -2.00. The first-order valence-electron chi connectivity index (χ1n) is 6.81. The molecule has 7 heteroatoms. The highest BCUT2D eigenvalue weighted by molar-refractivity contribution is 6.30. The summed E-state index contributed by atoms with van der Waals surface area (Å²) < 4.78 is 0. The molecule has 112 valence electrons. The molecule has 2 heterocycles. The van der Waals surface area contributed by atoms with Gasteiger partial charge in [-0.05, 0) is 24.5 Å². The first-order valence-corrected chi connectivity index (χ1v) is 7.19. The lowest BCUT2D eigenvalue weighted by Crippen LogP contribution is -2.48. The zero-order chi connectivity index (χ0) is 15.6. The summed E-state index contributed by atoms with van der Waals surface area (Å²) in [7, 11) is 0. The third-order valence-corrected chi connectivity index (χ3v) is 4.09. The van der Waals surface area contributed by atoms with Gasteiger partial charge < -0.3 is 14.9 Å². The van der Waals surface area contributed by atoms with Crippen LogP contribution in [0.5, 0.6) is 0 Å². The van der Waals surface area contributed by atoms with Crippen molar-refractivity contribution < 1.29 is 9.90 Å². The van der Waals surface area contributed by atoms with Gasteiger partial charge in [-0.25, -0.2) is 9.78 Å². The van der Waals surface area contributed by atoms with Gasteiger partial charge in [-0.1, -0.05) is 18.5 Å². The van der Waals surface area contributed by atoms with E-state index in [1.54, 1.807) is 0 Å². The van der Waals surface area contributed by atoms with Crippen LogP contribution in [-0.4, -0.2) is 47.3 Å². The van der Waals surface area contributed by atoms with E-state index in [4.69, 9.17) is 16.7 Å². The smallest absolute Gasteiger partial charge is 0.407 e. The molecule has 0 saturated carbocycles. The number of pyridine rings is 1. The van der Waals surface area contributed by atoms with E-state index in [1.807, 2.05) is 18.7 Å². The maximum absolute atomic E-state index is 10.9. The monoisotopic (exact) mass is 308 g/mol. The number of nitrogens with zero attached hydrogens (tertiary/aromatic N) is 4. The molecule has 1 aromatic rings. The highest BCUT2D eigenvalue weighted by atomic mass is 35.5. The van der Waals surface area contributed by atoms with E-state index in [0.29, 0.717) is 38.2 Å². The fourth-order valence-electron chi connectivity index (χ4n) is 2.65. The zero-order valence-corrected chi connectivity index (χ0v) is 12.8. The Labute approximate surface area is 128 Å². The number of hydrogen-bond donors (Lipinski definition) is 1. The molecule has 0 radical (unpaired) electrons. The maximum atomic E-state index is 10.9. The normalized spacial score (nSPS) is 15.0. The van der Waals surface area contributed by atoms with Crippen LogP contribution in [0, 0.1) is 18.3 Å². The van der Waals surface area contributed by atoms with Crippen molar-refractivity contribution in [2.75, 3.05) is 31.1 Å². The quantitative estimate of drug-likeness (QED) is 0.848. The molecule has 1 N–H and O–H groups in total. The summed E-state index contributed by atoms with van der Waals surface area (Å²) in [6.45, 7) is 5.94. The Morgan fingerprint density at radius 1 is 1.43 bits per heavy atom. The van der Waals surface area contributed by atoms with Crippen molar-refractivity contribution in [1.29, 1.82) is 5.26 Å². The average Bonchev–Trinajstić information content (AvgIpc) is 2.48. The van der Waals surface area contributed by atoms with Crippen LogP contribution in [0.2, 0.25) is 5.15 Å². The zero-order valence-electron chi connectivity index (χ0n) is 12.1. The summed E-state index contributed by atoms with van der Waals surface area (Å²) in [6, 6.07) is 2.11. The first kappa shape index (κ1) is 15.4. The predicted octanol–water partition coefficient (Wildman–Crippen LogP) is 2.28. The number of hydrogen-bond acceptors (Lipinski definition) is 4. The predicted molar refractivity (Wildman–Crippen MR) is 79.9 cm³/mol. The second-order valence-corrected chi connectivity index (χ2v) is 5.28. The minimum Gasteiger partial charge on any atom is -0.465 e. The number of rotatable bonds is 2. The molecule has 0 bridgehead atoms. The number of carbonyl (C=O) groups is 1. The molecular formula is C14H17ClN4O2. The van der Waals surface area contributed by atoms with Crippen LogP contribution in [-0.2, 0) is 6.42 Å². The molecule has 1 aromatic heterocycles. The van der Waals surface area contributed by atoms with Crippen LogP contribution >= 0.6 is 11.6 Å². The molecular weight excluding hydrogens is 292 g/mol. The second-order valence-electron chi connectivity index (χ2n) is 4.93. The van der Waals surface area contributed by atoms with Crippen molar-refractivity contribution in [3.8, 4) is 6.07 Å². The minimum absolute atomic E-state index is 0.218. The van der Waals surface area contributed by atoms with E-state index in [0.717, 1.165) is 16.9 Å². The Morgan fingerprint density at radius 3 is 2.52 bits per heavy atom.